The van der Waals surface area contributed by atoms with Gasteiger partial charge >= 0.3 is 0 Å². The lowest BCUT2D eigenvalue weighted by atomic mass is 9.87. The summed E-state index contributed by atoms with van der Waals surface area (Å²) in [4.78, 5) is 0. The van der Waals surface area contributed by atoms with Crippen LogP contribution in [0.2, 0.25) is 0 Å². The maximum absolute atomic E-state index is 3.94. The lowest BCUT2D eigenvalue weighted by Gasteiger charge is -2.18. The maximum Gasteiger partial charge on any atom is -0.0126 e. The van der Waals surface area contributed by atoms with Crippen LogP contribution in [0.25, 0.3) is 5.57 Å². The molecule has 0 atom stereocenters. The second kappa shape index (κ2) is 41.9. The van der Waals surface area contributed by atoms with Gasteiger partial charge in [0.25, 0.3) is 0 Å². The average molecular weight is 423 g/mol. The summed E-state index contributed by atoms with van der Waals surface area (Å²) in [5.74, 6) is 0.786. The van der Waals surface area contributed by atoms with Gasteiger partial charge in [0.2, 0.25) is 0 Å². The molecule has 0 nitrogen and oxygen atoms in total. The van der Waals surface area contributed by atoms with E-state index >= 15 is 0 Å². The molecule has 0 fully saturated rings. The molecule has 0 saturated heterocycles. The van der Waals surface area contributed by atoms with Crippen LogP contribution in [0.4, 0.5) is 0 Å². The van der Waals surface area contributed by atoms with Gasteiger partial charge in [-0.2, -0.15) is 0 Å². The van der Waals surface area contributed by atoms with Gasteiger partial charge in [0.05, 0.1) is 0 Å². The van der Waals surface area contributed by atoms with E-state index in [4.69, 9.17) is 0 Å². The molecule has 0 aliphatic rings. The highest BCUT2D eigenvalue weighted by Gasteiger charge is 2.12. The zero-order chi connectivity index (χ0) is 25.5. The summed E-state index contributed by atoms with van der Waals surface area (Å²) < 4.78 is 0. The smallest absolute Gasteiger partial charge is 0.0126 e. The molecule has 0 radical (unpaired) electrons. The van der Waals surface area contributed by atoms with Gasteiger partial charge in [-0.05, 0) is 48.4 Å². The molecule has 0 saturated carbocycles. The molecule has 0 heteroatoms. The Morgan fingerprint density at radius 2 is 1.20 bits per heavy atom. The predicted octanol–water partition coefficient (Wildman–Crippen LogP) is 11.7. The van der Waals surface area contributed by atoms with Crippen molar-refractivity contribution in [1.82, 2.24) is 0 Å². The summed E-state index contributed by atoms with van der Waals surface area (Å²) in [5, 5.41) is 0. The zero-order valence-corrected chi connectivity index (χ0v) is 24.3. The average Bonchev–Trinajstić information content (AvgIpc) is 2.87. The molecule has 0 aliphatic carbocycles. The van der Waals surface area contributed by atoms with Crippen LogP contribution in [0.15, 0.2) is 36.9 Å². The van der Waals surface area contributed by atoms with Crippen LogP contribution >= 0.6 is 0 Å². The normalized spacial score (nSPS) is 8.37. The summed E-state index contributed by atoms with van der Waals surface area (Å²) in [7, 11) is 0. The van der Waals surface area contributed by atoms with Crippen LogP contribution in [0, 0.1) is 12.8 Å². The Morgan fingerprint density at radius 3 is 1.50 bits per heavy atom. The topological polar surface area (TPSA) is 0 Å². The first-order chi connectivity index (χ1) is 14.7. The molecular weight excluding hydrogens is 360 g/mol. The minimum Gasteiger partial charge on any atom is -0.0985 e. The van der Waals surface area contributed by atoms with Crippen LogP contribution in [-0.4, -0.2) is 0 Å². The van der Waals surface area contributed by atoms with Gasteiger partial charge in [0, 0.05) is 0 Å². The molecule has 0 heterocycles. The fraction of sp³-hybridized carbons (Fsp3) is 0.667. The van der Waals surface area contributed by atoms with E-state index in [0.29, 0.717) is 0 Å². The number of benzene rings is 1. The number of aryl methyl sites for hydroxylation is 1. The monoisotopic (exact) mass is 422 g/mol. The second-order valence-corrected chi connectivity index (χ2v) is 4.94. The third-order valence-electron chi connectivity index (χ3n) is 3.84. The second-order valence-electron chi connectivity index (χ2n) is 4.94. The van der Waals surface area contributed by atoms with Crippen molar-refractivity contribution in [2.75, 3.05) is 0 Å². The molecule has 0 amide bonds. The molecule has 1 aromatic carbocycles. The van der Waals surface area contributed by atoms with E-state index in [1.165, 1.54) is 41.5 Å². The highest BCUT2D eigenvalue weighted by molar-refractivity contribution is 5.77. The molecule has 1 rings (SSSR count). The van der Waals surface area contributed by atoms with Crippen LogP contribution in [0.1, 0.15) is 133 Å². The molecule has 0 spiro atoms. The molecule has 182 valence electrons. The molecular formula is C30H62. The molecule has 0 aliphatic heterocycles. The Kier molecular flexibility index (Phi) is 59.7. The Bertz CT molecular complexity index is 420. The minimum absolute atomic E-state index is 0.786. The van der Waals surface area contributed by atoms with Crippen molar-refractivity contribution in [2.45, 2.75) is 130 Å². The molecule has 0 bridgehead atoms. The van der Waals surface area contributed by atoms with Gasteiger partial charge < -0.3 is 0 Å². The molecule has 0 aromatic heterocycles. The summed E-state index contributed by atoms with van der Waals surface area (Å²) >= 11 is 0. The lowest BCUT2D eigenvalue weighted by molar-refractivity contribution is 0.490. The van der Waals surface area contributed by atoms with Crippen LogP contribution in [0.5, 0.6) is 0 Å². The highest BCUT2D eigenvalue weighted by Crippen LogP contribution is 2.27. The number of rotatable bonds is 6. The summed E-state index contributed by atoms with van der Waals surface area (Å²) in [6.07, 6.45) is 7.81. The van der Waals surface area contributed by atoms with Crippen molar-refractivity contribution in [3.05, 3.63) is 53.6 Å². The van der Waals surface area contributed by atoms with Crippen molar-refractivity contribution in [3.63, 3.8) is 0 Å². The quantitative estimate of drug-likeness (QED) is 0.400. The van der Waals surface area contributed by atoms with Crippen molar-refractivity contribution in [1.29, 1.82) is 0 Å². The Morgan fingerprint density at radius 1 is 0.800 bits per heavy atom. The van der Waals surface area contributed by atoms with Gasteiger partial charge in [0.15, 0.2) is 0 Å². The molecule has 30 heavy (non-hydrogen) atoms. The Balaban J connectivity index is -0.000000103. The van der Waals surface area contributed by atoms with E-state index in [0.717, 1.165) is 5.92 Å². The van der Waals surface area contributed by atoms with Crippen molar-refractivity contribution >= 4 is 5.57 Å². The van der Waals surface area contributed by atoms with E-state index in [2.05, 4.69) is 58.5 Å². The van der Waals surface area contributed by atoms with Crippen molar-refractivity contribution < 1.29 is 0 Å². The van der Waals surface area contributed by atoms with Gasteiger partial charge in [-0.3, -0.25) is 0 Å². The lowest BCUT2D eigenvalue weighted by Crippen LogP contribution is -2.05. The summed E-state index contributed by atoms with van der Waals surface area (Å²) in [6.45, 7) is 36.8. The van der Waals surface area contributed by atoms with E-state index < -0.39 is 0 Å². The van der Waals surface area contributed by atoms with Crippen LogP contribution in [-0.2, 0) is 6.42 Å². The van der Waals surface area contributed by atoms with Crippen LogP contribution in [0.3, 0.4) is 0 Å². The number of allylic oxidation sites excluding steroid dienone is 3. The van der Waals surface area contributed by atoms with Gasteiger partial charge in [0.1, 0.15) is 0 Å². The predicted molar refractivity (Wildman–Crippen MR) is 151 cm³/mol. The molecule has 0 N–H and O–H groups in total. The highest BCUT2D eigenvalue weighted by atomic mass is 14.2. The number of hydrogen-bond acceptors (Lipinski definition) is 0. The van der Waals surface area contributed by atoms with Crippen molar-refractivity contribution in [2.24, 2.45) is 5.92 Å². The van der Waals surface area contributed by atoms with Gasteiger partial charge in [-0.25, -0.2) is 0 Å². The number of hydrogen-bond donors (Lipinski definition) is 0. The molecule has 0 unspecified atom stereocenters. The fourth-order valence-electron chi connectivity index (χ4n) is 2.56. The van der Waals surface area contributed by atoms with E-state index in [1.54, 1.807) is 0 Å². The third kappa shape index (κ3) is 21.4. The summed E-state index contributed by atoms with van der Waals surface area (Å²) in [5.41, 5.74) is 5.47. The van der Waals surface area contributed by atoms with Crippen LogP contribution < -0.4 is 0 Å². The van der Waals surface area contributed by atoms with E-state index in [-0.39, 0.29) is 0 Å². The largest absolute Gasteiger partial charge is 0.0985 e. The maximum atomic E-state index is 3.94. The molecule has 1 aromatic rings. The summed E-state index contributed by atoms with van der Waals surface area (Å²) in [6, 6.07) is 6.64. The first-order valence-electron chi connectivity index (χ1n) is 13.0. The first kappa shape index (κ1) is 42.7. The SMILES string of the molecule is C=C/C(=C\C)c1c(C)cccc1CC(CC)CC.CC.CC.CC.CC.CC.CC. The van der Waals surface area contributed by atoms with Gasteiger partial charge in [-0.15, -0.1) is 0 Å². The standard InChI is InChI=1S/C18H26.6C2H6/c1-6-15(7-2)13-17-12-10-11-14(5)18(17)16(8-3)9-4;6*1-2/h8-12,15H,3,6-7,13H2,1-2,4-5H3;6*1-2H3/b16-9+;;;;;;. The first-order valence-corrected chi connectivity index (χ1v) is 13.0. The Labute approximate surface area is 195 Å². The van der Waals surface area contributed by atoms with Gasteiger partial charge in [-0.1, -0.05) is 147 Å². The third-order valence-corrected chi connectivity index (χ3v) is 3.84. The minimum atomic E-state index is 0.786. The van der Waals surface area contributed by atoms with Crippen molar-refractivity contribution in [3.8, 4) is 0 Å². The Hall–Kier alpha value is -1.30. The van der Waals surface area contributed by atoms with E-state index in [9.17, 15) is 0 Å². The fourth-order valence-corrected chi connectivity index (χ4v) is 2.56. The zero-order valence-electron chi connectivity index (χ0n) is 24.3. The van der Waals surface area contributed by atoms with E-state index in [1.807, 2.05) is 89.2 Å².